The third-order valence-electron chi connectivity index (χ3n) is 4.29. The van der Waals surface area contributed by atoms with Crippen LogP contribution in [0.1, 0.15) is 19.3 Å². The second-order valence-corrected chi connectivity index (χ2v) is 6.28. The van der Waals surface area contributed by atoms with Gasteiger partial charge in [0.15, 0.2) is 0 Å². The first kappa shape index (κ1) is 19.5. The zero-order valence-corrected chi connectivity index (χ0v) is 15.2. The van der Waals surface area contributed by atoms with E-state index in [1.807, 2.05) is 0 Å². The Morgan fingerprint density at radius 3 is 2.64 bits per heavy atom. The largest absolute Gasteiger partial charge is 0.495 e. The van der Waals surface area contributed by atoms with Crippen LogP contribution < -0.4 is 20.7 Å². The fourth-order valence-corrected chi connectivity index (χ4v) is 2.97. The summed E-state index contributed by atoms with van der Waals surface area (Å²) < 4.78 is 10.6. The first-order chi connectivity index (χ1) is 12.0. The molecule has 25 heavy (non-hydrogen) atoms. The molecule has 0 aromatic heterocycles. The minimum Gasteiger partial charge on any atom is -0.495 e. The van der Waals surface area contributed by atoms with Crippen molar-refractivity contribution in [3.8, 4) is 5.75 Å². The standard InChI is InChI=1S/C17H24ClN3O4/c1-24-14-4-3-12(18)11-13(14)21-15(22)5-8-20-16(23)17(25-2)6-9-19-10-7-17/h3-4,11,19H,5-10H2,1-2H3,(H,20,23)(H,21,22). The third kappa shape index (κ3) is 5.07. The maximum Gasteiger partial charge on any atom is 0.252 e. The molecule has 1 aliphatic heterocycles. The number of hydrogen-bond donors (Lipinski definition) is 3. The van der Waals surface area contributed by atoms with Gasteiger partial charge in [0, 0.05) is 25.1 Å². The summed E-state index contributed by atoms with van der Waals surface area (Å²) in [5.74, 6) is 0.108. The molecule has 0 saturated carbocycles. The Morgan fingerprint density at radius 1 is 1.28 bits per heavy atom. The molecule has 0 unspecified atom stereocenters. The van der Waals surface area contributed by atoms with Crippen LogP contribution in [0.25, 0.3) is 0 Å². The Labute approximate surface area is 152 Å². The van der Waals surface area contributed by atoms with E-state index < -0.39 is 5.60 Å². The number of piperidine rings is 1. The van der Waals surface area contributed by atoms with Gasteiger partial charge in [0.05, 0.1) is 12.8 Å². The molecular weight excluding hydrogens is 346 g/mol. The van der Waals surface area contributed by atoms with E-state index in [-0.39, 0.29) is 24.8 Å². The SMILES string of the molecule is COc1ccc(Cl)cc1NC(=O)CCNC(=O)C1(OC)CCNCC1. The molecule has 0 atom stereocenters. The molecule has 8 heteroatoms. The number of methoxy groups -OCH3 is 2. The Bertz CT molecular complexity index is 618. The number of benzene rings is 1. The first-order valence-corrected chi connectivity index (χ1v) is 8.56. The van der Waals surface area contributed by atoms with Crippen LogP contribution in [0.5, 0.6) is 5.75 Å². The number of rotatable bonds is 7. The maximum absolute atomic E-state index is 12.4. The Balaban J connectivity index is 1.84. The second-order valence-electron chi connectivity index (χ2n) is 5.85. The summed E-state index contributed by atoms with van der Waals surface area (Å²) in [6.45, 7) is 1.69. The van der Waals surface area contributed by atoms with E-state index in [0.717, 1.165) is 13.1 Å². The monoisotopic (exact) mass is 369 g/mol. The van der Waals surface area contributed by atoms with E-state index in [4.69, 9.17) is 21.1 Å². The van der Waals surface area contributed by atoms with E-state index in [1.54, 1.807) is 25.3 Å². The van der Waals surface area contributed by atoms with Crippen LogP contribution >= 0.6 is 11.6 Å². The van der Waals surface area contributed by atoms with Crippen molar-refractivity contribution in [1.29, 1.82) is 0 Å². The third-order valence-corrected chi connectivity index (χ3v) is 4.52. The van der Waals surface area contributed by atoms with Crippen molar-refractivity contribution in [2.24, 2.45) is 0 Å². The molecule has 0 radical (unpaired) electrons. The van der Waals surface area contributed by atoms with E-state index in [1.165, 1.54) is 7.11 Å². The smallest absolute Gasteiger partial charge is 0.252 e. The topological polar surface area (TPSA) is 88.7 Å². The molecule has 0 aliphatic carbocycles. The van der Waals surface area contributed by atoms with Crippen molar-refractivity contribution >= 4 is 29.1 Å². The van der Waals surface area contributed by atoms with Gasteiger partial charge in [0.2, 0.25) is 5.91 Å². The van der Waals surface area contributed by atoms with Gasteiger partial charge in [-0.05, 0) is 44.1 Å². The average Bonchev–Trinajstić information content (AvgIpc) is 2.62. The minimum absolute atomic E-state index is 0.138. The quantitative estimate of drug-likeness (QED) is 0.678. The normalized spacial score (nSPS) is 16.1. The fraction of sp³-hybridized carbons (Fsp3) is 0.529. The molecule has 1 aliphatic rings. The van der Waals surface area contributed by atoms with Gasteiger partial charge in [-0.1, -0.05) is 11.6 Å². The van der Waals surface area contributed by atoms with Crippen LogP contribution in [0.15, 0.2) is 18.2 Å². The average molecular weight is 370 g/mol. The lowest BCUT2D eigenvalue weighted by Gasteiger charge is -2.34. The lowest BCUT2D eigenvalue weighted by atomic mass is 9.91. The molecular formula is C17H24ClN3O4. The van der Waals surface area contributed by atoms with Crippen LogP contribution in [-0.2, 0) is 14.3 Å². The summed E-state index contributed by atoms with van der Waals surface area (Å²) in [7, 11) is 3.06. The number of ether oxygens (including phenoxy) is 2. The molecule has 0 bridgehead atoms. The highest BCUT2D eigenvalue weighted by Gasteiger charge is 2.39. The zero-order valence-electron chi connectivity index (χ0n) is 14.5. The minimum atomic E-state index is -0.808. The number of hydrogen-bond acceptors (Lipinski definition) is 5. The van der Waals surface area contributed by atoms with Crippen molar-refractivity contribution in [3.05, 3.63) is 23.2 Å². The number of carbonyl (C=O) groups is 2. The molecule has 7 nitrogen and oxygen atoms in total. The van der Waals surface area contributed by atoms with Crippen LogP contribution in [0.2, 0.25) is 5.02 Å². The molecule has 1 aromatic carbocycles. The summed E-state index contributed by atoms with van der Waals surface area (Å²) in [4.78, 5) is 24.5. The van der Waals surface area contributed by atoms with Crippen molar-refractivity contribution < 1.29 is 19.1 Å². The number of anilines is 1. The molecule has 1 heterocycles. The van der Waals surface area contributed by atoms with Crippen LogP contribution in [0.4, 0.5) is 5.69 Å². The summed E-state index contributed by atoms with van der Waals surface area (Å²) >= 11 is 5.94. The van der Waals surface area contributed by atoms with Gasteiger partial charge >= 0.3 is 0 Å². The number of amides is 2. The van der Waals surface area contributed by atoms with E-state index in [2.05, 4.69) is 16.0 Å². The van der Waals surface area contributed by atoms with Crippen molar-refractivity contribution in [2.45, 2.75) is 24.9 Å². The lowest BCUT2D eigenvalue weighted by molar-refractivity contribution is -0.146. The number of nitrogens with one attached hydrogen (secondary N) is 3. The molecule has 3 N–H and O–H groups in total. The summed E-state index contributed by atoms with van der Waals surface area (Å²) in [6, 6.07) is 4.98. The summed E-state index contributed by atoms with van der Waals surface area (Å²) in [5, 5.41) is 9.23. The molecule has 2 amide bonds. The Morgan fingerprint density at radius 2 is 2.00 bits per heavy atom. The molecule has 0 spiro atoms. The molecule has 138 valence electrons. The van der Waals surface area contributed by atoms with Crippen molar-refractivity contribution in [2.75, 3.05) is 39.2 Å². The van der Waals surface area contributed by atoms with Gasteiger partial charge in [-0.3, -0.25) is 9.59 Å². The van der Waals surface area contributed by atoms with E-state index in [9.17, 15) is 9.59 Å². The predicted octanol–water partition coefficient (Wildman–Crippen LogP) is 1.56. The molecule has 1 aromatic rings. The zero-order chi connectivity index (χ0) is 18.3. The predicted molar refractivity (Wildman–Crippen MR) is 96.1 cm³/mol. The fourth-order valence-electron chi connectivity index (χ4n) is 2.80. The molecule has 2 rings (SSSR count). The number of carbonyl (C=O) groups excluding carboxylic acids is 2. The van der Waals surface area contributed by atoms with Gasteiger partial charge in [-0.2, -0.15) is 0 Å². The van der Waals surface area contributed by atoms with E-state index in [0.29, 0.717) is 29.3 Å². The highest BCUT2D eigenvalue weighted by atomic mass is 35.5. The van der Waals surface area contributed by atoms with Crippen molar-refractivity contribution in [1.82, 2.24) is 10.6 Å². The summed E-state index contributed by atoms with van der Waals surface area (Å²) in [5.41, 5.74) is -0.309. The first-order valence-electron chi connectivity index (χ1n) is 8.18. The highest BCUT2D eigenvalue weighted by molar-refractivity contribution is 6.31. The van der Waals surface area contributed by atoms with Crippen LogP contribution in [0.3, 0.4) is 0 Å². The highest BCUT2D eigenvalue weighted by Crippen LogP contribution is 2.27. The summed E-state index contributed by atoms with van der Waals surface area (Å²) in [6.07, 6.45) is 1.36. The van der Waals surface area contributed by atoms with Gasteiger partial charge in [-0.25, -0.2) is 0 Å². The van der Waals surface area contributed by atoms with Crippen molar-refractivity contribution in [3.63, 3.8) is 0 Å². The van der Waals surface area contributed by atoms with Gasteiger partial charge in [0.25, 0.3) is 5.91 Å². The maximum atomic E-state index is 12.4. The van der Waals surface area contributed by atoms with Gasteiger partial charge in [0.1, 0.15) is 11.4 Å². The lowest BCUT2D eigenvalue weighted by Crippen LogP contribution is -2.54. The van der Waals surface area contributed by atoms with Gasteiger partial charge in [-0.15, -0.1) is 0 Å². The Hall–Kier alpha value is -1.83. The van der Waals surface area contributed by atoms with Crippen LogP contribution in [0, 0.1) is 0 Å². The second kappa shape index (κ2) is 9.03. The van der Waals surface area contributed by atoms with E-state index >= 15 is 0 Å². The molecule has 1 fully saturated rings. The number of halogens is 1. The van der Waals surface area contributed by atoms with Gasteiger partial charge < -0.3 is 25.4 Å². The molecule has 1 saturated heterocycles. The van der Waals surface area contributed by atoms with Crippen LogP contribution in [-0.4, -0.2) is 51.3 Å². The Kier molecular flexibility index (Phi) is 7.04.